The summed E-state index contributed by atoms with van der Waals surface area (Å²) in [6, 6.07) is 10.5. The first kappa shape index (κ1) is 14.3. The number of hydrogen-bond donors (Lipinski definition) is 2. The largest absolute Gasteiger partial charge is 0.507 e. The third kappa shape index (κ3) is 2.84. The number of phenolic OH excluding ortho intramolecular Hbond substituents is 1. The van der Waals surface area contributed by atoms with Crippen molar-refractivity contribution in [1.82, 2.24) is 10.2 Å². The Labute approximate surface area is 134 Å². The summed E-state index contributed by atoms with van der Waals surface area (Å²) in [7, 11) is 0. The van der Waals surface area contributed by atoms with Gasteiger partial charge in [-0.05, 0) is 49.6 Å². The summed E-state index contributed by atoms with van der Waals surface area (Å²) in [5.41, 5.74) is 0.591. The van der Waals surface area contributed by atoms with E-state index in [9.17, 15) is 9.90 Å². The molecule has 23 heavy (non-hydrogen) atoms. The van der Waals surface area contributed by atoms with Crippen LogP contribution in [0.1, 0.15) is 23.4 Å². The van der Waals surface area contributed by atoms with E-state index in [1.807, 2.05) is 6.07 Å². The van der Waals surface area contributed by atoms with Crippen LogP contribution in [0.2, 0.25) is 0 Å². The van der Waals surface area contributed by atoms with Crippen LogP contribution in [0, 0.1) is 5.92 Å². The topological polar surface area (TPSA) is 65.7 Å². The maximum absolute atomic E-state index is 12.4. The smallest absolute Gasteiger partial charge is 0.287 e. The lowest BCUT2D eigenvalue weighted by Gasteiger charge is -2.30. The van der Waals surface area contributed by atoms with Gasteiger partial charge in [0.2, 0.25) is 0 Å². The zero-order valence-electron chi connectivity index (χ0n) is 12.9. The molecule has 1 aromatic carbocycles. The second kappa shape index (κ2) is 5.74. The fourth-order valence-electron chi connectivity index (χ4n) is 3.71. The number of amides is 1. The lowest BCUT2D eigenvalue weighted by Crippen LogP contribution is -2.46. The number of nitrogens with zero attached hydrogens (tertiary/aromatic N) is 1. The van der Waals surface area contributed by atoms with Gasteiger partial charge in [0, 0.05) is 19.1 Å². The van der Waals surface area contributed by atoms with Crippen LogP contribution < -0.4 is 5.32 Å². The van der Waals surface area contributed by atoms with Gasteiger partial charge >= 0.3 is 0 Å². The van der Waals surface area contributed by atoms with E-state index in [4.69, 9.17) is 4.42 Å². The van der Waals surface area contributed by atoms with Crippen LogP contribution in [0.25, 0.3) is 11.3 Å². The summed E-state index contributed by atoms with van der Waals surface area (Å²) in [5, 5.41) is 13.0. The minimum absolute atomic E-state index is 0.144. The summed E-state index contributed by atoms with van der Waals surface area (Å²) in [5.74, 6) is 1.46. The monoisotopic (exact) mass is 312 g/mol. The molecule has 2 N–H and O–H groups in total. The molecular weight excluding hydrogens is 292 g/mol. The Morgan fingerprint density at radius 2 is 2.09 bits per heavy atom. The molecule has 0 radical (unpaired) electrons. The molecule has 5 nitrogen and oxygen atoms in total. The molecule has 0 aliphatic carbocycles. The zero-order valence-corrected chi connectivity index (χ0v) is 12.9. The third-order valence-electron chi connectivity index (χ3n) is 4.80. The van der Waals surface area contributed by atoms with Gasteiger partial charge in [-0.3, -0.25) is 4.79 Å². The number of furan rings is 1. The number of para-hydroxylation sites is 1. The van der Waals surface area contributed by atoms with Crippen molar-refractivity contribution in [3.05, 3.63) is 42.2 Å². The van der Waals surface area contributed by atoms with Crippen LogP contribution in [0.4, 0.5) is 0 Å². The molecule has 2 bridgehead atoms. The molecule has 2 aromatic rings. The van der Waals surface area contributed by atoms with Gasteiger partial charge in [-0.1, -0.05) is 12.1 Å². The Morgan fingerprint density at radius 1 is 1.22 bits per heavy atom. The molecular formula is C18H20N2O3. The van der Waals surface area contributed by atoms with Gasteiger partial charge in [0.15, 0.2) is 5.76 Å². The average molecular weight is 312 g/mol. The van der Waals surface area contributed by atoms with Crippen molar-refractivity contribution in [2.75, 3.05) is 19.6 Å². The summed E-state index contributed by atoms with van der Waals surface area (Å²) in [6.07, 6.45) is 2.29. The summed E-state index contributed by atoms with van der Waals surface area (Å²) >= 11 is 0. The van der Waals surface area contributed by atoms with Crippen molar-refractivity contribution in [2.24, 2.45) is 5.92 Å². The Morgan fingerprint density at radius 3 is 2.91 bits per heavy atom. The number of carbonyl (C=O) groups is 1. The van der Waals surface area contributed by atoms with E-state index in [1.165, 1.54) is 13.0 Å². The van der Waals surface area contributed by atoms with Crippen molar-refractivity contribution >= 4 is 5.91 Å². The Hall–Kier alpha value is -2.27. The molecule has 2 fully saturated rings. The molecule has 2 saturated heterocycles. The Kier molecular flexibility index (Phi) is 3.58. The fraction of sp³-hybridized carbons (Fsp3) is 0.389. The molecule has 1 amide bonds. The molecule has 4 rings (SSSR count). The first-order valence-electron chi connectivity index (χ1n) is 8.10. The number of rotatable bonds is 3. The van der Waals surface area contributed by atoms with E-state index < -0.39 is 0 Å². The van der Waals surface area contributed by atoms with Gasteiger partial charge in [0.1, 0.15) is 11.5 Å². The molecule has 3 atom stereocenters. The van der Waals surface area contributed by atoms with Gasteiger partial charge in [0.05, 0.1) is 5.56 Å². The van der Waals surface area contributed by atoms with Crippen LogP contribution in [0.3, 0.4) is 0 Å². The van der Waals surface area contributed by atoms with E-state index >= 15 is 0 Å². The number of piperidine rings is 1. The number of fused-ring (bicyclic) bond motifs is 2. The van der Waals surface area contributed by atoms with Crippen LogP contribution in [-0.4, -0.2) is 41.6 Å². The number of phenols is 1. The van der Waals surface area contributed by atoms with Gasteiger partial charge < -0.3 is 19.7 Å². The number of benzene rings is 1. The van der Waals surface area contributed by atoms with Crippen LogP contribution in [0.5, 0.6) is 5.75 Å². The van der Waals surface area contributed by atoms with Crippen LogP contribution >= 0.6 is 0 Å². The normalized spacial score (nSPS) is 26.2. The van der Waals surface area contributed by atoms with E-state index in [0.29, 0.717) is 17.2 Å². The highest BCUT2D eigenvalue weighted by molar-refractivity contribution is 5.92. The predicted molar refractivity (Wildman–Crippen MR) is 86.2 cm³/mol. The minimum atomic E-state index is -0.181. The summed E-state index contributed by atoms with van der Waals surface area (Å²) in [6.45, 7) is 3.25. The quantitative estimate of drug-likeness (QED) is 0.914. The second-order valence-corrected chi connectivity index (χ2v) is 6.50. The zero-order chi connectivity index (χ0) is 15.8. The van der Waals surface area contributed by atoms with E-state index in [1.54, 1.807) is 30.3 Å². The number of carbonyl (C=O) groups excluding carboxylic acids is 1. The van der Waals surface area contributed by atoms with Crippen molar-refractivity contribution in [3.63, 3.8) is 0 Å². The van der Waals surface area contributed by atoms with Gasteiger partial charge in [-0.25, -0.2) is 0 Å². The average Bonchev–Trinajstić information content (AvgIpc) is 3.15. The standard InChI is InChI=1S/C18H20N2O3/c21-15-4-2-1-3-14(15)16-5-6-17(23-16)18(22)19-13-9-12-7-8-20(10-12)11-13/h1-6,12-13,21H,7-11H2,(H,19,22)/t12-,13+/m0/s1. The SMILES string of the molecule is O=C(N[C@@H]1C[C@@H]2CCN(C2)C1)c1ccc(-c2ccccc2O)o1. The van der Waals surface area contributed by atoms with Crippen molar-refractivity contribution < 1.29 is 14.3 Å². The predicted octanol–water partition coefficient (Wildman–Crippen LogP) is 2.48. The van der Waals surface area contributed by atoms with Gasteiger partial charge in [-0.15, -0.1) is 0 Å². The molecule has 3 heterocycles. The fourth-order valence-corrected chi connectivity index (χ4v) is 3.71. The molecule has 0 saturated carbocycles. The number of aromatic hydroxyl groups is 1. The Bertz CT molecular complexity index is 713. The molecule has 2 aliphatic heterocycles. The van der Waals surface area contributed by atoms with Gasteiger partial charge in [0.25, 0.3) is 5.91 Å². The van der Waals surface area contributed by atoms with E-state index in [2.05, 4.69) is 10.2 Å². The minimum Gasteiger partial charge on any atom is -0.507 e. The molecule has 2 aliphatic rings. The van der Waals surface area contributed by atoms with Crippen LogP contribution in [-0.2, 0) is 0 Å². The second-order valence-electron chi connectivity index (χ2n) is 6.50. The van der Waals surface area contributed by atoms with Gasteiger partial charge in [-0.2, -0.15) is 0 Å². The highest BCUT2D eigenvalue weighted by Crippen LogP contribution is 2.30. The van der Waals surface area contributed by atoms with Crippen molar-refractivity contribution in [2.45, 2.75) is 18.9 Å². The summed E-state index contributed by atoms with van der Waals surface area (Å²) < 4.78 is 5.64. The first-order valence-corrected chi connectivity index (χ1v) is 8.10. The lowest BCUT2D eigenvalue weighted by molar-refractivity contribution is 0.0882. The van der Waals surface area contributed by atoms with E-state index in [-0.39, 0.29) is 23.5 Å². The van der Waals surface area contributed by atoms with Crippen LogP contribution in [0.15, 0.2) is 40.8 Å². The highest BCUT2D eigenvalue weighted by atomic mass is 16.4. The Balaban J connectivity index is 1.46. The maximum Gasteiger partial charge on any atom is 0.287 e. The number of hydrogen-bond acceptors (Lipinski definition) is 4. The summed E-state index contributed by atoms with van der Waals surface area (Å²) in [4.78, 5) is 14.8. The third-order valence-corrected chi connectivity index (χ3v) is 4.80. The first-order chi connectivity index (χ1) is 11.2. The van der Waals surface area contributed by atoms with E-state index in [0.717, 1.165) is 19.5 Å². The lowest BCUT2D eigenvalue weighted by atomic mass is 9.97. The molecule has 1 aromatic heterocycles. The molecule has 120 valence electrons. The maximum atomic E-state index is 12.4. The molecule has 5 heteroatoms. The molecule has 1 unspecified atom stereocenters. The molecule has 0 spiro atoms. The number of nitrogens with one attached hydrogen (secondary N) is 1. The highest BCUT2D eigenvalue weighted by Gasteiger charge is 2.33. The van der Waals surface area contributed by atoms with Crippen molar-refractivity contribution in [1.29, 1.82) is 0 Å². The van der Waals surface area contributed by atoms with Crippen molar-refractivity contribution in [3.8, 4) is 17.1 Å².